The maximum Gasteiger partial charge on any atom is 1.00 e. The Balaban J connectivity index is 0.000000481. The van der Waals surface area contributed by atoms with Crippen LogP contribution in [0.5, 0.6) is 0 Å². The number of carboxylic acids is 1. The van der Waals surface area contributed by atoms with Gasteiger partial charge in [0.05, 0.1) is 62.6 Å². The van der Waals surface area contributed by atoms with Crippen LogP contribution in [0.1, 0.15) is 78.7 Å². The van der Waals surface area contributed by atoms with E-state index in [0.717, 1.165) is 67.2 Å². The Morgan fingerprint density at radius 2 is 1.10 bits per heavy atom. The molecule has 0 bridgehead atoms. The van der Waals surface area contributed by atoms with E-state index >= 15 is 0 Å². The maximum atomic E-state index is 12.1. The summed E-state index contributed by atoms with van der Waals surface area (Å²) in [7, 11) is 2.20. The van der Waals surface area contributed by atoms with Gasteiger partial charge in [-0.1, -0.05) is 52.7 Å². The topological polar surface area (TPSA) is 585 Å². The summed E-state index contributed by atoms with van der Waals surface area (Å²) in [5.74, 6) is -10.8. The van der Waals surface area contributed by atoms with Crippen LogP contribution in [-0.2, 0) is 110 Å². The van der Waals surface area contributed by atoms with Gasteiger partial charge in [-0.25, -0.2) is 9.59 Å². The summed E-state index contributed by atoms with van der Waals surface area (Å²) in [6, 6.07) is 7.66. The van der Waals surface area contributed by atoms with Gasteiger partial charge in [0.25, 0.3) is 0 Å². The molecule has 6 rings (SSSR count). The molecular formula is C61H75N12NaO28. The van der Waals surface area contributed by atoms with Crippen LogP contribution in [0.15, 0.2) is 100 Å². The van der Waals surface area contributed by atoms with Crippen molar-refractivity contribution in [2.75, 3.05) is 34.0 Å². The van der Waals surface area contributed by atoms with Crippen molar-refractivity contribution in [1.82, 2.24) is 25.7 Å². The fourth-order valence-electron chi connectivity index (χ4n) is 9.68. The molecule has 3 amide bonds. The molecule has 2 aromatic carbocycles. The number of nitrogens with zero attached hydrogens (tertiary/aromatic N) is 8. The number of fused-ring (bicyclic) bond motifs is 1. The van der Waals surface area contributed by atoms with Crippen molar-refractivity contribution in [3.8, 4) is 0 Å². The maximum absolute atomic E-state index is 12.1. The van der Waals surface area contributed by atoms with Gasteiger partial charge in [-0.15, -0.1) is 0 Å². The van der Waals surface area contributed by atoms with Crippen molar-refractivity contribution in [2.45, 2.75) is 154 Å². The zero-order chi connectivity index (χ0) is 76.0. The molecule has 0 aliphatic carbocycles. The zero-order valence-corrected chi connectivity index (χ0v) is 59.0. The Morgan fingerprint density at radius 1 is 0.637 bits per heavy atom. The number of esters is 8. The Hall–Kier alpha value is -10.7. The number of hydrogen-bond donors (Lipinski definition) is 7. The number of nitrogens with one attached hydrogen (secondary N) is 3. The fraction of sp³-hybridized carbons (Fsp3) is 0.475. The minimum Gasteiger partial charge on any atom is -0.542 e. The molecule has 3 aliphatic rings. The van der Waals surface area contributed by atoms with Gasteiger partial charge < -0.3 is 99.0 Å². The zero-order valence-electron chi connectivity index (χ0n) is 57.0. The van der Waals surface area contributed by atoms with Crippen LogP contribution in [0.3, 0.4) is 0 Å². The second-order valence-corrected chi connectivity index (χ2v) is 21.4. The van der Waals surface area contributed by atoms with Gasteiger partial charge in [-0.05, 0) is 35.4 Å². The molecule has 0 saturated carbocycles. The second-order valence-electron chi connectivity index (χ2n) is 21.4. The van der Waals surface area contributed by atoms with Gasteiger partial charge in [0.15, 0.2) is 42.9 Å². The van der Waals surface area contributed by atoms with E-state index in [4.69, 9.17) is 64.5 Å². The first kappa shape index (κ1) is 87.4. The van der Waals surface area contributed by atoms with Gasteiger partial charge >= 0.3 is 77.3 Å². The average molecular weight is 1450 g/mol. The first-order valence-electron chi connectivity index (χ1n) is 29.8. The third-order valence-electron chi connectivity index (χ3n) is 13.7. The number of methoxy groups -OCH3 is 2. The van der Waals surface area contributed by atoms with Crippen LogP contribution in [0.25, 0.3) is 31.8 Å². The molecule has 8 N–H and O–H groups in total. The van der Waals surface area contributed by atoms with Crippen molar-refractivity contribution in [1.29, 1.82) is 0 Å². The van der Waals surface area contributed by atoms with Crippen molar-refractivity contribution < 1.29 is 164 Å². The molecule has 4 heterocycles. The summed E-state index contributed by atoms with van der Waals surface area (Å²) in [5.41, 5.74) is 24.5. The fourth-order valence-corrected chi connectivity index (χ4v) is 9.68. The largest absolute Gasteiger partial charge is 1.00 e. The average Bonchev–Trinajstić information content (AvgIpc) is 1.22. The van der Waals surface area contributed by atoms with Gasteiger partial charge in [-0.3, -0.25) is 52.6 Å². The predicted molar refractivity (Wildman–Crippen MR) is 336 cm³/mol. The minimum atomic E-state index is -1.68. The number of aromatic nitrogens is 2. The van der Waals surface area contributed by atoms with Gasteiger partial charge in [0.2, 0.25) is 29.2 Å². The smallest absolute Gasteiger partial charge is 0.542 e. The third-order valence-corrected chi connectivity index (χ3v) is 13.7. The Morgan fingerprint density at radius 3 is 1.54 bits per heavy atom. The number of hydrogen-bond acceptors (Lipinski definition) is 32. The van der Waals surface area contributed by atoms with E-state index in [0.29, 0.717) is 23.1 Å². The molecule has 0 fully saturated rings. The quantitative estimate of drug-likeness (QED) is 0.00809. The number of carbonyl (C=O) groups is 13. The summed E-state index contributed by atoms with van der Waals surface area (Å²) < 4.78 is 58.0. The molecular weight excluding hydrogens is 1370 g/mol. The van der Waals surface area contributed by atoms with Crippen molar-refractivity contribution in [3.05, 3.63) is 117 Å². The second kappa shape index (κ2) is 43.1. The first-order chi connectivity index (χ1) is 47.6. The summed E-state index contributed by atoms with van der Waals surface area (Å²) in [6.07, 6.45) is -7.09. The predicted octanol–water partition coefficient (Wildman–Crippen LogP) is -3.97. The number of aliphatic carboxylic acids is 1. The number of azide groups is 2. The Labute approximate surface area is 601 Å². The molecule has 0 unspecified atom stereocenters. The molecule has 0 saturated heterocycles. The summed E-state index contributed by atoms with van der Waals surface area (Å²) in [6.45, 7) is 8.42. The summed E-state index contributed by atoms with van der Waals surface area (Å²) in [5, 5.41) is 60.5. The summed E-state index contributed by atoms with van der Waals surface area (Å²) >= 11 is 0. The van der Waals surface area contributed by atoms with Crippen molar-refractivity contribution >= 4 is 94.3 Å². The normalized spacial score (nSPS) is 20.8. The number of nitrogens with two attached hydrogens (primary N) is 1. The van der Waals surface area contributed by atoms with E-state index in [9.17, 15) is 77.6 Å². The summed E-state index contributed by atoms with van der Waals surface area (Å²) in [4.78, 5) is 156. The third kappa shape index (κ3) is 27.4. The number of aldehydes is 1. The van der Waals surface area contributed by atoms with E-state index in [1.54, 1.807) is 42.6 Å². The standard InChI is InChI=1S/C18H24N4O10.C18H21N3O7.C18H26N2O10.C7H5N3O.Na/c1-8(23)20-15-12(21-22-19)6-13(18(27)28-5)32-17(15)16(31-11(4)26)14(30-10(3)25)7-29-9(2)24;1-9(23)19-15-12(21-7-10-4-2-3-5-11(10)20-21)6-14(18(26)27)28-17(15)16(25)13(24)8-22;1-8(21)20-15-12(19)6-13(18(25)26-5)30-17(15)16(29-11(4)24)14(28-10(3)23)7-27-9(2)22;8-10-9-7-4-2-1-3-6(7)5-11;/h6,12,14-17H,7H2,1-5H3,(H,20,23);2-7,12-13,15-17,22,24-25H,8H2,1H3,(H,19,23)(H,26,27);6,12,14-17H,7,19H2,1-5H3,(H,20,21);1-5H;/q;;;;+1/p-1/t12-,14+,15+,16+,17+;12-,13+,15+,16+,17+;12-,14+,15+,16+,17+;;/m000../s1. The number of aliphatic hydroxyl groups is 3. The molecule has 3 aromatic rings. The van der Waals surface area contributed by atoms with Gasteiger partial charge in [-0.2, -0.15) is 5.10 Å². The minimum absolute atomic E-state index is 0. The number of ether oxygens (including phenoxy) is 11. The van der Waals surface area contributed by atoms with Crippen LogP contribution < -0.4 is 56.3 Å². The molecule has 3 aliphatic heterocycles. The monoisotopic (exact) mass is 1450 g/mol. The van der Waals surface area contributed by atoms with Crippen LogP contribution in [0.4, 0.5) is 5.69 Å². The number of amides is 3. The number of rotatable bonds is 25. The molecule has 40 nitrogen and oxygen atoms in total. The molecule has 41 heteroatoms. The SMILES string of the molecule is CC(=O)N[C@H]1[C@H]([C@H](O)[C@H](O)CO)OC(C(=O)[O-])=C[C@@H]1n1cc2ccccc2n1.COC(=O)C1=C[C@H](N)[C@@H](NC(C)=O)[C@H]([C@H](OC(C)=O)[C@@H](COC(C)=O)OC(C)=O)O1.COC(=O)C1=C[C@H](N=[N+]=[N-])[C@@H](NC(C)=O)[C@H]([C@H](OC(C)=O)[C@@H](COC(C)=O)OC(C)=O)O1.[N-]=[N+]=Nc1ccccc1C=O.[Na+]. The van der Waals surface area contributed by atoms with Crippen LogP contribution in [0, 0.1) is 0 Å². The Bertz CT molecular complexity index is 3670. The molecule has 0 radical (unpaired) electrons. The van der Waals surface area contributed by atoms with Gasteiger partial charge in [0, 0.05) is 95.0 Å². The van der Waals surface area contributed by atoms with Crippen LogP contribution >= 0.6 is 0 Å². The van der Waals surface area contributed by atoms with E-state index in [-0.39, 0.29) is 35.3 Å². The number of carboxylic acid groups (broad SMARTS) is 1. The Kier molecular flexibility index (Phi) is 36.9. The number of aliphatic hydroxyl groups excluding tert-OH is 3. The number of benzene rings is 2. The van der Waals surface area contributed by atoms with Crippen LogP contribution in [0.2, 0.25) is 0 Å². The first-order valence-corrected chi connectivity index (χ1v) is 29.8. The molecule has 102 heavy (non-hydrogen) atoms. The number of carbonyl (C=O) groups excluding carboxylic acids is 13. The van der Waals surface area contributed by atoms with Crippen LogP contribution in [-0.4, -0.2) is 222 Å². The molecule has 548 valence electrons. The van der Waals surface area contributed by atoms with Gasteiger partial charge in [0.1, 0.15) is 43.3 Å². The molecule has 0 spiro atoms. The van der Waals surface area contributed by atoms with E-state index < -0.39 is 194 Å². The van der Waals surface area contributed by atoms with E-state index in [1.807, 2.05) is 12.1 Å². The van der Waals surface area contributed by atoms with Crippen molar-refractivity contribution in [3.63, 3.8) is 0 Å². The van der Waals surface area contributed by atoms with E-state index in [1.165, 1.54) is 37.6 Å². The molecule has 1 aromatic heterocycles. The van der Waals surface area contributed by atoms with Crippen molar-refractivity contribution in [2.24, 2.45) is 16.0 Å². The van der Waals surface area contributed by atoms with E-state index in [2.05, 4.69) is 50.6 Å². The molecule has 15 atom stereocenters.